The molecule has 5 heteroatoms. The molecule has 0 bridgehead atoms. The van der Waals surface area contributed by atoms with Crippen LogP contribution in [0.2, 0.25) is 0 Å². The second-order valence-electron chi connectivity index (χ2n) is 7.07. The SMILES string of the molecule is CC(CC1CCCN1C(=O)OC(C)(C)C)NCc1cccs1. The first-order chi connectivity index (χ1) is 10.3. The largest absolute Gasteiger partial charge is 0.444 e. The molecule has 0 aromatic carbocycles. The van der Waals surface area contributed by atoms with E-state index in [0.717, 1.165) is 32.4 Å². The molecule has 1 aromatic heterocycles. The van der Waals surface area contributed by atoms with Gasteiger partial charge in [0, 0.05) is 30.1 Å². The van der Waals surface area contributed by atoms with E-state index >= 15 is 0 Å². The Hall–Kier alpha value is -1.07. The third kappa shape index (κ3) is 5.29. The molecule has 2 unspecified atom stereocenters. The van der Waals surface area contributed by atoms with Crippen molar-refractivity contribution in [1.82, 2.24) is 10.2 Å². The van der Waals surface area contributed by atoms with Crippen molar-refractivity contribution in [2.75, 3.05) is 6.54 Å². The highest BCUT2D eigenvalue weighted by Crippen LogP contribution is 2.24. The van der Waals surface area contributed by atoms with Gasteiger partial charge in [-0.25, -0.2) is 4.79 Å². The summed E-state index contributed by atoms with van der Waals surface area (Å²) in [6.07, 6.45) is 2.96. The Bertz CT molecular complexity index is 468. The van der Waals surface area contributed by atoms with Gasteiger partial charge in [-0.2, -0.15) is 0 Å². The quantitative estimate of drug-likeness (QED) is 0.889. The van der Waals surface area contributed by atoms with E-state index in [1.807, 2.05) is 25.7 Å². The maximum absolute atomic E-state index is 12.3. The zero-order valence-corrected chi connectivity index (χ0v) is 14.9. The van der Waals surface area contributed by atoms with Gasteiger partial charge in [-0.05, 0) is 58.4 Å². The summed E-state index contributed by atoms with van der Waals surface area (Å²) >= 11 is 1.77. The molecule has 0 radical (unpaired) electrons. The summed E-state index contributed by atoms with van der Waals surface area (Å²) in [7, 11) is 0. The molecule has 1 aromatic rings. The second kappa shape index (κ2) is 7.47. The number of ether oxygens (including phenoxy) is 1. The van der Waals surface area contributed by atoms with E-state index < -0.39 is 5.60 Å². The normalized spacial score (nSPS) is 20.2. The highest BCUT2D eigenvalue weighted by Gasteiger charge is 2.32. The lowest BCUT2D eigenvalue weighted by Gasteiger charge is -2.30. The minimum absolute atomic E-state index is 0.166. The van der Waals surface area contributed by atoms with Gasteiger partial charge in [0.25, 0.3) is 0 Å². The van der Waals surface area contributed by atoms with Crippen molar-refractivity contribution >= 4 is 17.4 Å². The number of carbonyl (C=O) groups is 1. The van der Waals surface area contributed by atoms with Gasteiger partial charge in [-0.15, -0.1) is 11.3 Å². The van der Waals surface area contributed by atoms with Crippen LogP contribution in [-0.4, -0.2) is 35.2 Å². The van der Waals surface area contributed by atoms with Crippen molar-refractivity contribution in [3.8, 4) is 0 Å². The van der Waals surface area contributed by atoms with E-state index in [1.54, 1.807) is 11.3 Å². The Morgan fingerprint density at radius 1 is 1.55 bits per heavy atom. The molecule has 22 heavy (non-hydrogen) atoms. The molecule has 2 atom stereocenters. The zero-order valence-electron chi connectivity index (χ0n) is 14.1. The lowest BCUT2D eigenvalue weighted by Crippen LogP contribution is -2.42. The predicted molar refractivity (Wildman–Crippen MR) is 91.2 cm³/mol. The zero-order chi connectivity index (χ0) is 16.2. The van der Waals surface area contributed by atoms with E-state index in [1.165, 1.54) is 4.88 Å². The molecule has 0 aliphatic carbocycles. The van der Waals surface area contributed by atoms with E-state index in [-0.39, 0.29) is 6.09 Å². The fraction of sp³-hybridized carbons (Fsp3) is 0.706. The van der Waals surface area contributed by atoms with Crippen LogP contribution in [-0.2, 0) is 11.3 Å². The van der Waals surface area contributed by atoms with E-state index in [4.69, 9.17) is 4.74 Å². The Morgan fingerprint density at radius 3 is 2.95 bits per heavy atom. The molecule has 2 heterocycles. The first-order valence-corrected chi connectivity index (χ1v) is 8.98. The first kappa shape index (κ1) is 17.3. The highest BCUT2D eigenvalue weighted by atomic mass is 32.1. The maximum Gasteiger partial charge on any atom is 0.410 e. The monoisotopic (exact) mass is 324 g/mol. The molecule has 1 saturated heterocycles. The van der Waals surface area contributed by atoms with Gasteiger partial charge in [-0.1, -0.05) is 6.07 Å². The fourth-order valence-electron chi connectivity index (χ4n) is 2.82. The molecule has 2 rings (SSSR count). The summed E-state index contributed by atoms with van der Waals surface area (Å²) in [6.45, 7) is 9.66. The second-order valence-corrected chi connectivity index (χ2v) is 8.10. The smallest absolute Gasteiger partial charge is 0.410 e. The maximum atomic E-state index is 12.3. The Morgan fingerprint density at radius 2 is 2.32 bits per heavy atom. The summed E-state index contributed by atoms with van der Waals surface area (Å²) in [6, 6.07) is 4.90. The van der Waals surface area contributed by atoms with Crippen LogP contribution in [0.1, 0.15) is 51.8 Å². The van der Waals surface area contributed by atoms with Gasteiger partial charge in [-0.3, -0.25) is 0 Å². The lowest BCUT2D eigenvalue weighted by molar-refractivity contribution is 0.0214. The molecule has 1 aliphatic heterocycles. The van der Waals surface area contributed by atoms with Crippen molar-refractivity contribution in [2.24, 2.45) is 0 Å². The van der Waals surface area contributed by atoms with Crippen molar-refractivity contribution in [3.63, 3.8) is 0 Å². The topological polar surface area (TPSA) is 41.6 Å². The minimum Gasteiger partial charge on any atom is -0.444 e. The van der Waals surface area contributed by atoms with Gasteiger partial charge < -0.3 is 15.0 Å². The summed E-state index contributed by atoms with van der Waals surface area (Å²) < 4.78 is 5.52. The van der Waals surface area contributed by atoms with Crippen molar-refractivity contribution in [1.29, 1.82) is 0 Å². The third-order valence-electron chi connectivity index (χ3n) is 3.84. The van der Waals surface area contributed by atoms with E-state index in [2.05, 4.69) is 29.8 Å². The summed E-state index contributed by atoms with van der Waals surface area (Å²) in [4.78, 5) is 15.5. The Balaban J connectivity index is 1.81. The number of carbonyl (C=O) groups excluding carboxylic acids is 1. The minimum atomic E-state index is -0.423. The average Bonchev–Trinajstić information content (AvgIpc) is 3.05. The van der Waals surface area contributed by atoms with Gasteiger partial charge in [0.2, 0.25) is 0 Å². The molecule has 1 aliphatic rings. The van der Waals surface area contributed by atoms with Crippen molar-refractivity contribution in [2.45, 2.75) is 71.2 Å². The van der Waals surface area contributed by atoms with Crippen LogP contribution in [0.4, 0.5) is 4.79 Å². The summed E-state index contributed by atoms with van der Waals surface area (Å²) in [5, 5.41) is 5.65. The molecule has 1 N–H and O–H groups in total. The van der Waals surface area contributed by atoms with E-state index in [0.29, 0.717) is 12.1 Å². The molecule has 1 amide bonds. The fourth-order valence-corrected chi connectivity index (χ4v) is 3.48. The molecule has 1 fully saturated rings. The number of nitrogens with one attached hydrogen (secondary N) is 1. The van der Waals surface area contributed by atoms with Crippen LogP contribution >= 0.6 is 11.3 Å². The summed E-state index contributed by atoms with van der Waals surface area (Å²) in [5.74, 6) is 0. The van der Waals surface area contributed by atoms with Gasteiger partial charge in [0.15, 0.2) is 0 Å². The lowest BCUT2D eigenvalue weighted by atomic mass is 10.1. The number of hydrogen-bond donors (Lipinski definition) is 1. The van der Waals surface area contributed by atoms with Crippen LogP contribution in [0, 0.1) is 0 Å². The number of thiophene rings is 1. The predicted octanol–water partition coefficient (Wildman–Crippen LogP) is 4.02. The van der Waals surface area contributed by atoms with Crippen molar-refractivity contribution < 1.29 is 9.53 Å². The Labute approximate surface area is 137 Å². The molecular weight excluding hydrogens is 296 g/mol. The van der Waals surface area contributed by atoms with Gasteiger partial charge in [0.05, 0.1) is 0 Å². The number of amides is 1. The molecule has 0 spiro atoms. The number of nitrogens with zero attached hydrogens (tertiary/aromatic N) is 1. The van der Waals surface area contributed by atoms with Gasteiger partial charge in [0.1, 0.15) is 5.60 Å². The highest BCUT2D eigenvalue weighted by molar-refractivity contribution is 7.09. The van der Waals surface area contributed by atoms with Crippen LogP contribution < -0.4 is 5.32 Å². The average molecular weight is 324 g/mol. The number of rotatable bonds is 5. The van der Waals surface area contributed by atoms with Crippen LogP contribution in [0.3, 0.4) is 0 Å². The summed E-state index contributed by atoms with van der Waals surface area (Å²) in [5.41, 5.74) is -0.423. The van der Waals surface area contributed by atoms with Crippen LogP contribution in [0.5, 0.6) is 0 Å². The molecule has 124 valence electrons. The standard InChI is InChI=1S/C17H28N2O2S/c1-13(18-12-15-8-6-10-22-15)11-14-7-5-9-19(14)16(20)21-17(2,3)4/h6,8,10,13-14,18H,5,7,9,11-12H2,1-4H3. The van der Waals surface area contributed by atoms with Crippen molar-refractivity contribution in [3.05, 3.63) is 22.4 Å². The third-order valence-corrected chi connectivity index (χ3v) is 4.71. The van der Waals surface area contributed by atoms with Crippen LogP contribution in [0.15, 0.2) is 17.5 Å². The van der Waals surface area contributed by atoms with E-state index in [9.17, 15) is 4.79 Å². The molecule has 0 saturated carbocycles. The molecular formula is C17H28N2O2S. The number of hydrogen-bond acceptors (Lipinski definition) is 4. The molecule has 4 nitrogen and oxygen atoms in total. The van der Waals surface area contributed by atoms with Gasteiger partial charge >= 0.3 is 6.09 Å². The van der Waals surface area contributed by atoms with Crippen LogP contribution in [0.25, 0.3) is 0 Å². The Kier molecular flexibility index (Phi) is 5.87. The number of likely N-dealkylation sites (tertiary alicyclic amines) is 1. The first-order valence-electron chi connectivity index (χ1n) is 8.10.